The van der Waals surface area contributed by atoms with Crippen LogP contribution in [0.25, 0.3) is 0 Å². The molecule has 0 aliphatic carbocycles. The lowest BCUT2D eigenvalue weighted by atomic mass is 10.1. The highest BCUT2D eigenvalue weighted by molar-refractivity contribution is 5.94. The Kier molecular flexibility index (Phi) is 5.94. The topological polar surface area (TPSA) is 42.0 Å². The maximum Gasteiger partial charge on any atom is 0.254 e. The number of nitrogens with zero attached hydrogens (tertiary/aromatic N) is 2. The Morgan fingerprint density at radius 1 is 1.36 bits per heavy atom. The van der Waals surface area contributed by atoms with Gasteiger partial charge in [0.1, 0.15) is 0 Å². The van der Waals surface area contributed by atoms with E-state index in [9.17, 15) is 4.79 Å². The summed E-state index contributed by atoms with van der Waals surface area (Å²) in [6, 6.07) is 7.93. The molecule has 1 amide bonds. The zero-order valence-electron chi connectivity index (χ0n) is 13.9. The van der Waals surface area contributed by atoms with Gasteiger partial charge in [0.15, 0.2) is 0 Å². The summed E-state index contributed by atoms with van der Waals surface area (Å²) >= 11 is 0. The summed E-state index contributed by atoms with van der Waals surface area (Å²) in [4.78, 5) is 16.8. The van der Waals surface area contributed by atoms with Crippen LogP contribution in [0.1, 0.15) is 22.3 Å². The first-order chi connectivity index (χ1) is 10.5. The van der Waals surface area contributed by atoms with Gasteiger partial charge in [0.25, 0.3) is 5.91 Å². The minimum absolute atomic E-state index is 0.0576. The van der Waals surface area contributed by atoms with Gasteiger partial charge in [-0.3, -0.25) is 4.79 Å². The molecule has 1 heterocycles. The summed E-state index contributed by atoms with van der Waals surface area (Å²) in [5, 5.41) is 0. The highest BCUT2D eigenvalue weighted by atomic mass is 16.5. The zero-order valence-corrected chi connectivity index (χ0v) is 13.9. The average Bonchev–Trinajstić information content (AvgIpc) is 2.89. The molecule has 2 atom stereocenters. The molecule has 0 saturated carbocycles. The zero-order chi connectivity index (χ0) is 16.1. The van der Waals surface area contributed by atoms with Crippen LogP contribution in [0, 0.1) is 0 Å². The number of likely N-dealkylation sites (tertiary alicyclic amines) is 1. The van der Waals surface area contributed by atoms with Crippen LogP contribution in [0.15, 0.2) is 24.3 Å². The van der Waals surface area contributed by atoms with Gasteiger partial charge in [-0.1, -0.05) is 12.1 Å². The highest BCUT2D eigenvalue weighted by Crippen LogP contribution is 2.23. The summed E-state index contributed by atoms with van der Waals surface area (Å²) in [5.41, 5.74) is 1.87. The maximum atomic E-state index is 12.8. The van der Waals surface area contributed by atoms with E-state index in [1.807, 2.05) is 43.3 Å². The fourth-order valence-electron chi connectivity index (χ4n) is 2.98. The summed E-state index contributed by atoms with van der Waals surface area (Å²) in [6.07, 6.45) is 0.919. The fraction of sp³-hybridized carbons (Fsp3) is 0.588. The molecule has 1 aliphatic heterocycles. The Morgan fingerprint density at radius 3 is 2.77 bits per heavy atom. The van der Waals surface area contributed by atoms with Gasteiger partial charge in [0, 0.05) is 32.9 Å². The van der Waals surface area contributed by atoms with Gasteiger partial charge in [0.05, 0.1) is 18.8 Å². The number of benzene rings is 1. The van der Waals surface area contributed by atoms with E-state index in [1.54, 1.807) is 14.2 Å². The number of hydrogen-bond donors (Lipinski definition) is 0. The van der Waals surface area contributed by atoms with Crippen molar-refractivity contribution in [1.29, 1.82) is 0 Å². The largest absolute Gasteiger partial charge is 0.383 e. The van der Waals surface area contributed by atoms with Gasteiger partial charge in [-0.2, -0.15) is 0 Å². The summed E-state index contributed by atoms with van der Waals surface area (Å²) < 4.78 is 10.7. The van der Waals surface area contributed by atoms with Crippen LogP contribution in [0.3, 0.4) is 0 Å². The Morgan fingerprint density at radius 2 is 2.14 bits per heavy atom. The fourth-order valence-corrected chi connectivity index (χ4v) is 2.98. The lowest BCUT2D eigenvalue weighted by Crippen LogP contribution is -2.38. The minimum atomic E-state index is 0.0576. The molecule has 2 rings (SSSR count). The molecule has 5 nitrogen and oxygen atoms in total. The van der Waals surface area contributed by atoms with E-state index in [0.717, 1.165) is 24.1 Å². The third-order valence-electron chi connectivity index (χ3n) is 4.00. The van der Waals surface area contributed by atoms with Crippen LogP contribution in [0.2, 0.25) is 0 Å². The van der Waals surface area contributed by atoms with Crippen LogP contribution in [-0.2, 0) is 16.0 Å². The van der Waals surface area contributed by atoms with E-state index in [1.165, 1.54) is 0 Å². The van der Waals surface area contributed by atoms with Crippen molar-refractivity contribution in [3.8, 4) is 0 Å². The van der Waals surface area contributed by atoms with Gasteiger partial charge < -0.3 is 19.3 Å². The van der Waals surface area contributed by atoms with Crippen molar-refractivity contribution in [1.82, 2.24) is 9.80 Å². The Bertz CT molecular complexity index is 504. The molecule has 1 aliphatic rings. The van der Waals surface area contributed by atoms with Crippen molar-refractivity contribution in [2.24, 2.45) is 0 Å². The Balaban J connectivity index is 2.15. The van der Waals surface area contributed by atoms with Gasteiger partial charge >= 0.3 is 0 Å². The molecular formula is C17H26N2O3. The van der Waals surface area contributed by atoms with Crippen LogP contribution in [0.5, 0.6) is 0 Å². The molecule has 1 fully saturated rings. The molecular weight excluding hydrogens is 280 g/mol. The van der Waals surface area contributed by atoms with Crippen LogP contribution >= 0.6 is 0 Å². The van der Waals surface area contributed by atoms with Crippen molar-refractivity contribution in [3.05, 3.63) is 35.4 Å². The standard InChI is InChI=1S/C17H26N2O3/c1-18(2)10-13-6-5-7-14(8-13)17(20)19-11-16(22-4)9-15(19)12-21-3/h5-8,15-16H,9-12H2,1-4H3/t15-,16+/m0/s1. The monoisotopic (exact) mass is 306 g/mol. The van der Waals surface area contributed by atoms with Crippen LogP contribution in [0.4, 0.5) is 0 Å². The third kappa shape index (κ3) is 4.06. The molecule has 122 valence electrons. The number of amides is 1. The predicted octanol–water partition coefficient (Wildman–Crippen LogP) is 1.62. The lowest BCUT2D eigenvalue weighted by molar-refractivity contribution is 0.0612. The van der Waals surface area contributed by atoms with E-state index >= 15 is 0 Å². The average molecular weight is 306 g/mol. The molecule has 22 heavy (non-hydrogen) atoms. The molecule has 0 N–H and O–H groups in total. The van der Waals surface area contributed by atoms with Crippen molar-refractivity contribution in [3.63, 3.8) is 0 Å². The van der Waals surface area contributed by atoms with E-state index < -0.39 is 0 Å². The second-order valence-corrected chi connectivity index (χ2v) is 6.10. The molecule has 0 bridgehead atoms. The summed E-state index contributed by atoms with van der Waals surface area (Å²) in [7, 11) is 7.40. The first-order valence-electron chi connectivity index (χ1n) is 7.61. The Hall–Kier alpha value is -1.43. The lowest BCUT2D eigenvalue weighted by Gasteiger charge is -2.24. The van der Waals surface area contributed by atoms with Crippen molar-refractivity contribution in [2.45, 2.75) is 25.1 Å². The van der Waals surface area contributed by atoms with Crippen molar-refractivity contribution in [2.75, 3.05) is 41.5 Å². The number of hydrogen-bond acceptors (Lipinski definition) is 4. The van der Waals surface area contributed by atoms with Gasteiger partial charge in [-0.25, -0.2) is 0 Å². The number of ether oxygens (including phenoxy) is 2. The first kappa shape index (κ1) is 16.9. The molecule has 0 unspecified atom stereocenters. The second-order valence-electron chi connectivity index (χ2n) is 6.10. The third-order valence-corrected chi connectivity index (χ3v) is 4.00. The maximum absolute atomic E-state index is 12.8. The number of carbonyl (C=O) groups is 1. The number of carbonyl (C=O) groups excluding carboxylic acids is 1. The summed E-state index contributed by atoms with van der Waals surface area (Å²) in [5.74, 6) is 0.0576. The molecule has 0 spiro atoms. The molecule has 1 aromatic rings. The van der Waals surface area contributed by atoms with Gasteiger partial charge in [-0.15, -0.1) is 0 Å². The van der Waals surface area contributed by atoms with Gasteiger partial charge in [-0.05, 0) is 38.2 Å². The van der Waals surface area contributed by atoms with Crippen LogP contribution in [-0.4, -0.2) is 69.3 Å². The second kappa shape index (κ2) is 7.72. The Labute approximate surface area is 132 Å². The first-order valence-corrected chi connectivity index (χ1v) is 7.61. The molecule has 0 aromatic heterocycles. The number of rotatable bonds is 6. The highest BCUT2D eigenvalue weighted by Gasteiger charge is 2.35. The SMILES string of the molecule is COC[C@@H]1C[C@@H](OC)CN1C(=O)c1cccc(CN(C)C)c1. The molecule has 1 aromatic carbocycles. The normalized spacial score (nSPS) is 21.6. The molecule has 5 heteroatoms. The molecule has 1 saturated heterocycles. The van der Waals surface area contributed by atoms with Crippen molar-refractivity contribution < 1.29 is 14.3 Å². The van der Waals surface area contributed by atoms with Gasteiger partial charge in [0.2, 0.25) is 0 Å². The molecule has 0 radical (unpaired) electrons. The van der Waals surface area contributed by atoms with E-state index in [2.05, 4.69) is 4.90 Å². The predicted molar refractivity (Wildman–Crippen MR) is 85.9 cm³/mol. The van der Waals surface area contributed by atoms with E-state index in [4.69, 9.17) is 9.47 Å². The van der Waals surface area contributed by atoms with E-state index in [0.29, 0.717) is 13.2 Å². The van der Waals surface area contributed by atoms with Crippen molar-refractivity contribution >= 4 is 5.91 Å². The number of methoxy groups -OCH3 is 2. The van der Waals surface area contributed by atoms with Crippen LogP contribution < -0.4 is 0 Å². The van der Waals surface area contributed by atoms with E-state index in [-0.39, 0.29) is 18.1 Å². The smallest absolute Gasteiger partial charge is 0.254 e. The quantitative estimate of drug-likeness (QED) is 0.801. The minimum Gasteiger partial charge on any atom is -0.383 e. The summed E-state index contributed by atoms with van der Waals surface area (Å²) in [6.45, 7) is 1.99.